The summed E-state index contributed by atoms with van der Waals surface area (Å²) in [6, 6.07) is 2.98. The predicted octanol–water partition coefficient (Wildman–Crippen LogP) is 3.57. The monoisotopic (exact) mass is 234 g/mol. The van der Waals surface area contributed by atoms with Crippen LogP contribution in [0, 0.1) is 5.92 Å². The van der Waals surface area contributed by atoms with Gasteiger partial charge in [-0.3, -0.25) is 0 Å². The maximum Gasteiger partial charge on any atom is 0.0223 e. The summed E-state index contributed by atoms with van der Waals surface area (Å²) >= 11 is 0. The third kappa shape index (κ3) is 3.60. The summed E-state index contributed by atoms with van der Waals surface area (Å²) in [6.45, 7) is 6.78. The first-order valence-electron chi connectivity index (χ1n) is 7.17. The molecular formula is C15H26N2. The molecule has 1 aliphatic carbocycles. The van der Waals surface area contributed by atoms with Crippen molar-refractivity contribution in [2.24, 2.45) is 5.92 Å². The zero-order valence-electron chi connectivity index (χ0n) is 11.3. The standard InChI is InChI=1S/C15H26N2/c1-3-9-17-10-8-14(12-17)11-16-15-7-5-4-6-13(15)2/h8,10,12-13,15-16H,3-7,9,11H2,1-2H3. The lowest BCUT2D eigenvalue weighted by molar-refractivity contribution is 0.279. The molecule has 0 saturated heterocycles. The van der Waals surface area contributed by atoms with Crippen LogP contribution in [0.5, 0.6) is 0 Å². The summed E-state index contributed by atoms with van der Waals surface area (Å²) in [5.41, 5.74) is 1.43. The Labute approximate surface area is 105 Å². The van der Waals surface area contributed by atoms with Gasteiger partial charge in [0, 0.05) is 31.5 Å². The first-order valence-corrected chi connectivity index (χ1v) is 7.17. The quantitative estimate of drug-likeness (QED) is 0.824. The summed E-state index contributed by atoms with van der Waals surface area (Å²) in [5.74, 6) is 0.849. The van der Waals surface area contributed by atoms with E-state index in [0.29, 0.717) is 0 Å². The second kappa shape index (κ2) is 6.25. The number of nitrogens with one attached hydrogen (secondary N) is 1. The van der Waals surface area contributed by atoms with Crippen molar-refractivity contribution >= 4 is 0 Å². The van der Waals surface area contributed by atoms with Gasteiger partial charge in [0.05, 0.1) is 0 Å². The molecule has 1 aliphatic rings. The first-order chi connectivity index (χ1) is 8.29. The van der Waals surface area contributed by atoms with E-state index in [0.717, 1.165) is 25.0 Å². The molecule has 1 aromatic rings. The highest BCUT2D eigenvalue weighted by molar-refractivity contribution is 5.10. The minimum Gasteiger partial charge on any atom is -0.354 e. The number of rotatable bonds is 5. The number of aryl methyl sites for hydroxylation is 1. The maximum atomic E-state index is 3.73. The predicted molar refractivity (Wildman–Crippen MR) is 73.0 cm³/mol. The van der Waals surface area contributed by atoms with Crippen molar-refractivity contribution in [3.8, 4) is 0 Å². The van der Waals surface area contributed by atoms with E-state index in [1.807, 2.05) is 0 Å². The molecule has 1 heterocycles. The van der Waals surface area contributed by atoms with Crippen molar-refractivity contribution in [2.45, 2.75) is 65.1 Å². The van der Waals surface area contributed by atoms with Gasteiger partial charge in [0.2, 0.25) is 0 Å². The van der Waals surface area contributed by atoms with Gasteiger partial charge in [-0.2, -0.15) is 0 Å². The summed E-state index contributed by atoms with van der Waals surface area (Å²) in [4.78, 5) is 0. The lowest BCUT2D eigenvalue weighted by Gasteiger charge is -2.29. The SMILES string of the molecule is CCCn1ccc(CNC2CCCCC2C)c1. The van der Waals surface area contributed by atoms with Crippen molar-refractivity contribution in [2.75, 3.05) is 0 Å². The van der Waals surface area contributed by atoms with Crippen LogP contribution in [0.2, 0.25) is 0 Å². The molecule has 0 bridgehead atoms. The third-order valence-corrected chi connectivity index (χ3v) is 3.97. The van der Waals surface area contributed by atoms with E-state index in [2.05, 4.69) is 42.2 Å². The van der Waals surface area contributed by atoms with E-state index in [9.17, 15) is 0 Å². The summed E-state index contributed by atoms with van der Waals surface area (Å²) in [6.07, 6.45) is 11.3. The fraction of sp³-hybridized carbons (Fsp3) is 0.733. The molecule has 1 fully saturated rings. The highest BCUT2D eigenvalue weighted by atomic mass is 15.0. The molecule has 2 rings (SSSR count). The number of hydrogen-bond acceptors (Lipinski definition) is 1. The summed E-state index contributed by atoms with van der Waals surface area (Å²) < 4.78 is 2.29. The number of hydrogen-bond donors (Lipinski definition) is 1. The van der Waals surface area contributed by atoms with E-state index in [1.54, 1.807) is 0 Å². The molecule has 17 heavy (non-hydrogen) atoms. The molecule has 0 amide bonds. The van der Waals surface area contributed by atoms with E-state index in [4.69, 9.17) is 0 Å². The average molecular weight is 234 g/mol. The Hall–Kier alpha value is -0.760. The Balaban J connectivity index is 1.79. The van der Waals surface area contributed by atoms with Crippen LogP contribution in [0.1, 0.15) is 51.5 Å². The fourth-order valence-corrected chi connectivity index (χ4v) is 2.86. The molecule has 0 radical (unpaired) electrons. The van der Waals surface area contributed by atoms with E-state index < -0.39 is 0 Å². The molecule has 2 heteroatoms. The Morgan fingerprint density at radius 3 is 2.94 bits per heavy atom. The Kier molecular flexibility index (Phi) is 4.66. The highest BCUT2D eigenvalue weighted by Gasteiger charge is 2.20. The smallest absolute Gasteiger partial charge is 0.0223 e. The van der Waals surface area contributed by atoms with Crippen molar-refractivity contribution < 1.29 is 0 Å². The zero-order valence-corrected chi connectivity index (χ0v) is 11.3. The third-order valence-electron chi connectivity index (χ3n) is 3.97. The molecule has 1 N–H and O–H groups in total. The Morgan fingerprint density at radius 1 is 1.35 bits per heavy atom. The van der Waals surface area contributed by atoms with Crippen LogP contribution < -0.4 is 5.32 Å². The van der Waals surface area contributed by atoms with Gasteiger partial charge in [-0.25, -0.2) is 0 Å². The van der Waals surface area contributed by atoms with Crippen LogP contribution in [-0.2, 0) is 13.1 Å². The van der Waals surface area contributed by atoms with Gasteiger partial charge in [-0.15, -0.1) is 0 Å². The summed E-state index contributed by atoms with van der Waals surface area (Å²) in [7, 11) is 0. The lowest BCUT2D eigenvalue weighted by Crippen LogP contribution is -2.36. The van der Waals surface area contributed by atoms with Crippen molar-refractivity contribution in [1.82, 2.24) is 9.88 Å². The van der Waals surface area contributed by atoms with Gasteiger partial charge in [0.15, 0.2) is 0 Å². The Morgan fingerprint density at radius 2 is 2.18 bits per heavy atom. The normalized spacial score (nSPS) is 25.1. The fourth-order valence-electron chi connectivity index (χ4n) is 2.86. The van der Waals surface area contributed by atoms with Crippen molar-refractivity contribution in [3.63, 3.8) is 0 Å². The number of nitrogens with zero attached hydrogens (tertiary/aromatic N) is 1. The molecule has 2 atom stereocenters. The highest BCUT2D eigenvalue weighted by Crippen LogP contribution is 2.23. The van der Waals surface area contributed by atoms with Crippen molar-refractivity contribution in [3.05, 3.63) is 24.0 Å². The van der Waals surface area contributed by atoms with Gasteiger partial charge in [0.25, 0.3) is 0 Å². The van der Waals surface area contributed by atoms with Crippen LogP contribution in [0.4, 0.5) is 0 Å². The summed E-state index contributed by atoms with van der Waals surface area (Å²) in [5, 5.41) is 3.73. The van der Waals surface area contributed by atoms with Gasteiger partial charge >= 0.3 is 0 Å². The largest absolute Gasteiger partial charge is 0.354 e. The minimum absolute atomic E-state index is 0.735. The molecule has 2 nitrogen and oxygen atoms in total. The maximum absolute atomic E-state index is 3.73. The van der Waals surface area contributed by atoms with Crippen molar-refractivity contribution in [1.29, 1.82) is 0 Å². The van der Waals surface area contributed by atoms with Gasteiger partial charge in [0.1, 0.15) is 0 Å². The van der Waals surface area contributed by atoms with Crippen LogP contribution in [0.15, 0.2) is 18.5 Å². The number of aromatic nitrogens is 1. The topological polar surface area (TPSA) is 17.0 Å². The molecule has 0 aromatic carbocycles. The lowest BCUT2D eigenvalue weighted by atomic mass is 9.86. The minimum atomic E-state index is 0.735. The van der Waals surface area contributed by atoms with Crippen LogP contribution in [0.25, 0.3) is 0 Å². The van der Waals surface area contributed by atoms with E-state index in [1.165, 1.54) is 37.7 Å². The van der Waals surface area contributed by atoms with Crippen LogP contribution in [-0.4, -0.2) is 10.6 Å². The average Bonchev–Trinajstić information content (AvgIpc) is 2.76. The van der Waals surface area contributed by atoms with E-state index in [-0.39, 0.29) is 0 Å². The molecule has 1 saturated carbocycles. The second-order valence-corrected chi connectivity index (χ2v) is 5.51. The van der Waals surface area contributed by atoms with Gasteiger partial charge in [-0.1, -0.05) is 26.7 Å². The first kappa shape index (κ1) is 12.7. The zero-order chi connectivity index (χ0) is 12.1. The molecule has 0 spiro atoms. The second-order valence-electron chi connectivity index (χ2n) is 5.51. The van der Waals surface area contributed by atoms with Crippen LogP contribution >= 0.6 is 0 Å². The Bertz CT molecular complexity index is 329. The van der Waals surface area contributed by atoms with Gasteiger partial charge in [-0.05, 0) is 36.8 Å². The molecule has 0 aliphatic heterocycles. The molecule has 1 aromatic heterocycles. The molecular weight excluding hydrogens is 208 g/mol. The molecule has 2 unspecified atom stereocenters. The molecule has 96 valence electrons. The van der Waals surface area contributed by atoms with Gasteiger partial charge < -0.3 is 9.88 Å². The van der Waals surface area contributed by atoms with E-state index >= 15 is 0 Å². The van der Waals surface area contributed by atoms with Crippen LogP contribution in [0.3, 0.4) is 0 Å².